The normalized spacial score (nSPS) is 10.9. The number of benzene rings is 2. The standard InChI is InChI=1S/C19H9Cl6NO2/c20-12-2-8(3-13(21)17(12)24)11-1-9(6-16(27)28)19(26-7-11)10-4-14(22)18(25)15(23)5-10/h1-5,7H,6H2,(H,27,28). The highest BCUT2D eigenvalue weighted by molar-refractivity contribution is 6.49. The molecule has 144 valence electrons. The van der Waals surface area contributed by atoms with E-state index >= 15 is 0 Å². The van der Waals surface area contributed by atoms with Crippen molar-refractivity contribution in [3.05, 3.63) is 72.2 Å². The first-order chi connectivity index (χ1) is 13.2. The number of rotatable bonds is 4. The van der Waals surface area contributed by atoms with Gasteiger partial charge in [0.2, 0.25) is 0 Å². The third-order valence-corrected chi connectivity index (χ3v) is 6.28. The zero-order chi connectivity index (χ0) is 20.6. The molecular formula is C19H9Cl6NO2. The van der Waals surface area contributed by atoms with Gasteiger partial charge in [-0.25, -0.2) is 0 Å². The number of hydrogen-bond donors (Lipinski definition) is 1. The number of carboxylic acids is 1. The van der Waals surface area contributed by atoms with E-state index in [1.54, 1.807) is 36.5 Å². The van der Waals surface area contributed by atoms with Gasteiger partial charge in [0.05, 0.1) is 42.3 Å². The van der Waals surface area contributed by atoms with E-state index in [-0.39, 0.29) is 36.6 Å². The minimum absolute atomic E-state index is 0.217. The Morgan fingerprint density at radius 3 is 1.68 bits per heavy atom. The lowest BCUT2D eigenvalue weighted by atomic mass is 9.99. The monoisotopic (exact) mass is 493 g/mol. The second-order valence-corrected chi connectivity index (χ2v) is 8.19. The molecule has 0 aliphatic heterocycles. The summed E-state index contributed by atoms with van der Waals surface area (Å²) >= 11 is 36.4. The Kier molecular flexibility index (Phi) is 6.65. The Morgan fingerprint density at radius 1 is 0.750 bits per heavy atom. The minimum Gasteiger partial charge on any atom is -0.481 e. The van der Waals surface area contributed by atoms with Crippen molar-refractivity contribution >= 4 is 75.6 Å². The molecule has 1 heterocycles. The Hall–Kier alpha value is -1.20. The minimum atomic E-state index is -1.02. The molecule has 3 rings (SSSR count). The zero-order valence-electron chi connectivity index (χ0n) is 13.7. The van der Waals surface area contributed by atoms with Crippen LogP contribution in [-0.4, -0.2) is 16.1 Å². The Bertz CT molecular complexity index is 1050. The van der Waals surface area contributed by atoms with Crippen molar-refractivity contribution in [1.82, 2.24) is 4.98 Å². The molecule has 9 heteroatoms. The molecule has 0 aliphatic carbocycles. The number of hydrogen-bond acceptors (Lipinski definition) is 2. The van der Waals surface area contributed by atoms with Crippen LogP contribution in [0.4, 0.5) is 0 Å². The summed E-state index contributed by atoms with van der Waals surface area (Å²) in [7, 11) is 0. The molecule has 0 saturated heterocycles. The van der Waals surface area contributed by atoms with Crippen LogP contribution >= 0.6 is 69.6 Å². The van der Waals surface area contributed by atoms with Crippen LogP contribution in [0, 0.1) is 0 Å². The molecule has 28 heavy (non-hydrogen) atoms. The second-order valence-electron chi connectivity index (χ2n) is 5.81. The van der Waals surface area contributed by atoms with Crippen LogP contribution in [-0.2, 0) is 11.2 Å². The van der Waals surface area contributed by atoms with Crippen molar-refractivity contribution in [2.45, 2.75) is 6.42 Å². The van der Waals surface area contributed by atoms with Crippen LogP contribution in [0.2, 0.25) is 30.1 Å². The molecule has 0 aliphatic rings. The molecular weight excluding hydrogens is 487 g/mol. The fourth-order valence-electron chi connectivity index (χ4n) is 2.64. The average Bonchev–Trinajstić information content (AvgIpc) is 2.62. The highest BCUT2D eigenvalue weighted by atomic mass is 35.5. The molecule has 2 aromatic carbocycles. The average molecular weight is 496 g/mol. The van der Waals surface area contributed by atoms with Gasteiger partial charge in [-0.2, -0.15) is 0 Å². The van der Waals surface area contributed by atoms with E-state index in [2.05, 4.69) is 4.98 Å². The molecule has 0 bridgehead atoms. The SMILES string of the molecule is O=C(O)Cc1cc(-c2cc(Cl)c(Cl)c(Cl)c2)cnc1-c1cc(Cl)c(Cl)c(Cl)c1. The van der Waals surface area contributed by atoms with Crippen molar-refractivity contribution in [3.63, 3.8) is 0 Å². The number of aliphatic carboxylic acids is 1. The van der Waals surface area contributed by atoms with Gasteiger partial charge in [0.15, 0.2) is 0 Å². The van der Waals surface area contributed by atoms with Crippen molar-refractivity contribution in [2.24, 2.45) is 0 Å². The van der Waals surface area contributed by atoms with Gasteiger partial charge in [-0.05, 0) is 41.5 Å². The summed E-state index contributed by atoms with van der Waals surface area (Å²) in [5, 5.41) is 10.8. The first-order valence-corrected chi connectivity index (χ1v) is 9.94. The first kappa shape index (κ1) is 21.5. The van der Waals surface area contributed by atoms with E-state index in [1.807, 2.05) is 0 Å². The number of carboxylic acid groups (broad SMARTS) is 1. The van der Waals surface area contributed by atoms with Crippen LogP contribution in [0.25, 0.3) is 22.4 Å². The van der Waals surface area contributed by atoms with E-state index in [0.717, 1.165) is 0 Å². The predicted molar refractivity (Wildman–Crippen MR) is 117 cm³/mol. The number of pyridine rings is 1. The predicted octanol–water partition coefficient (Wildman–Crippen LogP) is 7.96. The summed E-state index contributed by atoms with van der Waals surface area (Å²) in [6, 6.07) is 8.13. The van der Waals surface area contributed by atoms with Gasteiger partial charge in [-0.3, -0.25) is 9.78 Å². The van der Waals surface area contributed by atoms with Gasteiger partial charge in [0, 0.05) is 17.3 Å². The van der Waals surface area contributed by atoms with Gasteiger partial charge in [0.1, 0.15) is 0 Å². The molecule has 1 N–H and O–H groups in total. The summed E-state index contributed by atoms with van der Waals surface area (Å²) in [6.07, 6.45) is 1.32. The lowest BCUT2D eigenvalue weighted by molar-refractivity contribution is -0.136. The molecule has 0 atom stereocenters. The third kappa shape index (κ3) is 4.51. The zero-order valence-corrected chi connectivity index (χ0v) is 18.3. The molecule has 0 amide bonds. The molecule has 0 unspecified atom stereocenters. The molecule has 1 aromatic heterocycles. The van der Waals surface area contributed by atoms with Crippen LogP contribution in [0.15, 0.2) is 36.5 Å². The fourth-order valence-corrected chi connectivity index (χ4v) is 3.83. The van der Waals surface area contributed by atoms with Crippen LogP contribution in [0.1, 0.15) is 5.56 Å². The van der Waals surface area contributed by atoms with Crippen molar-refractivity contribution in [1.29, 1.82) is 0 Å². The van der Waals surface area contributed by atoms with Gasteiger partial charge in [-0.15, -0.1) is 0 Å². The molecule has 0 fully saturated rings. The Balaban J connectivity index is 2.17. The summed E-state index contributed by atoms with van der Waals surface area (Å²) < 4.78 is 0. The molecule has 0 radical (unpaired) electrons. The van der Waals surface area contributed by atoms with E-state index in [4.69, 9.17) is 69.6 Å². The van der Waals surface area contributed by atoms with Crippen molar-refractivity contribution in [3.8, 4) is 22.4 Å². The maximum absolute atomic E-state index is 11.4. The van der Waals surface area contributed by atoms with Gasteiger partial charge in [0.25, 0.3) is 0 Å². The van der Waals surface area contributed by atoms with Crippen LogP contribution in [0.5, 0.6) is 0 Å². The van der Waals surface area contributed by atoms with Crippen LogP contribution in [0.3, 0.4) is 0 Å². The van der Waals surface area contributed by atoms with Crippen molar-refractivity contribution in [2.75, 3.05) is 0 Å². The van der Waals surface area contributed by atoms with E-state index in [1.165, 1.54) is 0 Å². The number of halogens is 6. The van der Waals surface area contributed by atoms with E-state index in [9.17, 15) is 9.90 Å². The van der Waals surface area contributed by atoms with E-state index < -0.39 is 5.97 Å². The van der Waals surface area contributed by atoms with Gasteiger partial charge in [-0.1, -0.05) is 69.6 Å². The van der Waals surface area contributed by atoms with Crippen LogP contribution < -0.4 is 0 Å². The number of nitrogens with zero attached hydrogens (tertiary/aromatic N) is 1. The maximum atomic E-state index is 11.4. The molecule has 3 nitrogen and oxygen atoms in total. The lowest BCUT2D eigenvalue weighted by Gasteiger charge is -2.12. The molecule has 0 saturated carbocycles. The largest absolute Gasteiger partial charge is 0.481 e. The smallest absolute Gasteiger partial charge is 0.307 e. The van der Waals surface area contributed by atoms with Crippen molar-refractivity contribution < 1.29 is 9.90 Å². The summed E-state index contributed by atoms with van der Waals surface area (Å²) in [4.78, 5) is 15.8. The second kappa shape index (κ2) is 8.66. The maximum Gasteiger partial charge on any atom is 0.307 e. The summed E-state index contributed by atoms with van der Waals surface area (Å²) in [6.45, 7) is 0. The summed E-state index contributed by atoms with van der Waals surface area (Å²) in [5.41, 5.74) is 2.72. The number of aromatic nitrogens is 1. The summed E-state index contributed by atoms with van der Waals surface area (Å²) in [5.74, 6) is -1.02. The molecule has 3 aromatic rings. The highest BCUT2D eigenvalue weighted by Gasteiger charge is 2.16. The third-order valence-electron chi connectivity index (χ3n) is 3.88. The quantitative estimate of drug-likeness (QED) is 0.373. The van der Waals surface area contributed by atoms with Gasteiger partial charge < -0.3 is 5.11 Å². The Morgan fingerprint density at radius 2 is 1.21 bits per heavy atom. The topological polar surface area (TPSA) is 50.2 Å². The lowest BCUT2D eigenvalue weighted by Crippen LogP contribution is -2.04. The first-order valence-electron chi connectivity index (χ1n) is 7.68. The molecule has 0 spiro atoms. The fraction of sp³-hybridized carbons (Fsp3) is 0.0526. The van der Waals surface area contributed by atoms with E-state index in [0.29, 0.717) is 27.9 Å². The highest BCUT2D eigenvalue weighted by Crippen LogP contribution is 2.38. The van der Waals surface area contributed by atoms with Gasteiger partial charge >= 0.3 is 5.97 Å². The Labute approximate surface area is 190 Å². The number of carbonyl (C=O) groups is 1.